The summed E-state index contributed by atoms with van der Waals surface area (Å²) in [5.74, 6) is -0.223. The van der Waals surface area contributed by atoms with E-state index in [0.29, 0.717) is 5.56 Å². The van der Waals surface area contributed by atoms with Gasteiger partial charge < -0.3 is 21.7 Å². The Morgan fingerprint density at radius 1 is 1.29 bits per heavy atom. The fourth-order valence-corrected chi connectivity index (χ4v) is 5.15. The number of nitrogens with zero attached hydrogens (tertiary/aromatic N) is 3. The number of benzene rings is 1. The zero-order valence-corrected chi connectivity index (χ0v) is 23.0. The van der Waals surface area contributed by atoms with Crippen molar-refractivity contribution < 1.29 is 21.6 Å². The van der Waals surface area contributed by atoms with Gasteiger partial charge in [0.25, 0.3) is 0 Å². The van der Waals surface area contributed by atoms with Gasteiger partial charge in [0.2, 0.25) is 5.95 Å². The van der Waals surface area contributed by atoms with Crippen LogP contribution in [0.15, 0.2) is 34.0 Å². The molecule has 2 aromatic rings. The molecular formula is C24H31ClF3N7O2S. The first kappa shape index (κ1) is 29.7. The first-order valence-corrected chi connectivity index (χ1v) is 13.8. The van der Waals surface area contributed by atoms with Crippen LogP contribution in [-0.4, -0.2) is 50.0 Å². The molecule has 1 aliphatic rings. The van der Waals surface area contributed by atoms with Crippen LogP contribution in [0.3, 0.4) is 0 Å². The van der Waals surface area contributed by atoms with E-state index in [0.717, 1.165) is 31.5 Å². The number of aromatic nitrogens is 2. The van der Waals surface area contributed by atoms with Gasteiger partial charge in [-0.1, -0.05) is 11.6 Å². The maximum Gasteiger partial charge on any atom is 0.418 e. The number of anilines is 3. The molecule has 9 nitrogen and oxygen atoms in total. The number of piperidine rings is 1. The summed E-state index contributed by atoms with van der Waals surface area (Å²) in [6, 6.07) is 2.63. The van der Waals surface area contributed by atoms with Gasteiger partial charge in [-0.3, -0.25) is 4.99 Å². The van der Waals surface area contributed by atoms with Gasteiger partial charge in [0, 0.05) is 13.3 Å². The summed E-state index contributed by atoms with van der Waals surface area (Å²) >= 11 is 6.20. The highest BCUT2D eigenvalue weighted by Crippen LogP contribution is 2.40. The summed E-state index contributed by atoms with van der Waals surface area (Å²) in [4.78, 5) is 12.0. The third-order valence-electron chi connectivity index (χ3n) is 6.19. The quantitative estimate of drug-likeness (QED) is 0.333. The predicted octanol–water partition coefficient (Wildman–Crippen LogP) is 4.73. The monoisotopic (exact) mass is 573 g/mol. The lowest BCUT2D eigenvalue weighted by Gasteiger charge is -2.26. The van der Waals surface area contributed by atoms with Crippen molar-refractivity contribution >= 4 is 45.1 Å². The van der Waals surface area contributed by atoms with E-state index in [4.69, 9.17) is 17.3 Å². The molecule has 0 radical (unpaired) electrons. The SMILES string of the molecule is CN=CC(Nc1nc(Nc2cc(C)c(C3CCNCC3)cc2C(F)(F)F)ncc1Cl)=C(N)S(=O)(=O)C(C)C. The molecule has 1 aromatic carbocycles. The Morgan fingerprint density at radius 3 is 2.53 bits per heavy atom. The Bertz CT molecular complexity index is 1340. The number of halogens is 4. The molecule has 1 aliphatic heterocycles. The van der Waals surface area contributed by atoms with Crippen LogP contribution >= 0.6 is 11.6 Å². The molecule has 0 spiro atoms. The van der Waals surface area contributed by atoms with Gasteiger partial charge in [0.05, 0.1) is 28.4 Å². The molecule has 0 unspecified atom stereocenters. The van der Waals surface area contributed by atoms with Crippen molar-refractivity contribution in [2.75, 3.05) is 30.8 Å². The van der Waals surface area contributed by atoms with E-state index in [1.54, 1.807) is 6.92 Å². The first-order chi connectivity index (χ1) is 17.8. The minimum absolute atomic E-state index is 0.0132. The summed E-state index contributed by atoms with van der Waals surface area (Å²) < 4.78 is 67.4. The number of nitrogens with one attached hydrogen (secondary N) is 3. The van der Waals surface area contributed by atoms with E-state index < -0.39 is 31.9 Å². The Morgan fingerprint density at radius 2 is 1.95 bits per heavy atom. The molecule has 0 bridgehead atoms. The number of rotatable bonds is 8. The molecule has 0 amide bonds. The Kier molecular flexibility index (Phi) is 9.26. The molecule has 3 rings (SSSR count). The van der Waals surface area contributed by atoms with Gasteiger partial charge in [-0.05, 0) is 75.9 Å². The highest BCUT2D eigenvalue weighted by atomic mass is 35.5. The van der Waals surface area contributed by atoms with E-state index in [9.17, 15) is 21.6 Å². The second-order valence-corrected chi connectivity index (χ2v) is 12.1. The lowest BCUT2D eigenvalue weighted by atomic mass is 9.86. The van der Waals surface area contributed by atoms with Crippen molar-refractivity contribution in [1.82, 2.24) is 15.3 Å². The topological polar surface area (TPSA) is 134 Å². The second kappa shape index (κ2) is 11.9. The Labute approximate surface area is 225 Å². The van der Waals surface area contributed by atoms with Crippen LogP contribution in [0.1, 0.15) is 49.3 Å². The predicted molar refractivity (Wildman–Crippen MR) is 145 cm³/mol. The summed E-state index contributed by atoms with van der Waals surface area (Å²) in [5, 5.41) is 7.29. The molecule has 2 heterocycles. The maximum atomic E-state index is 14.1. The molecule has 38 heavy (non-hydrogen) atoms. The first-order valence-electron chi connectivity index (χ1n) is 11.9. The number of hydrogen-bond donors (Lipinski definition) is 4. The van der Waals surface area contributed by atoms with Gasteiger partial charge >= 0.3 is 6.18 Å². The number of nitrogens with two attached hydrogens (primary N) is 1. The Balaban J connectivity index is 2.01. The average Bonchev–Trinajstić information content (AvgIpc) is 2.85. The third-order valence-corrected chi connectivity index (χ3v) is 8.54. The molecule has 5 N–H and O–H groups in total. The smallest absolute Gasteiger partial charge is 0.388 e. The van der Waals surface area contributed by atoms with Gasteiger partial charge in [-0.2, -0.15) is 18.2 Å². The van der Waals surface area contributed by atoms with Crippen LogP contribution < -0.4 is 21.7 Å². The third kappa shape index (κ3) is 6.75. The zero-order chi connectivity index (χ0) is 28.3. The summed E-state index contributed by atoms with van der Waals surface area (Å²) in [5.41, 5.74) is 6.15. The Hall–Kier alpha value is -2.90. The van der Waals surface area contributed by atoms with E-state index in [1.807, 2.05) is 0 Å². The molecule has 1 saturated heterocycles. The fourth-order valence-electron chi connectivity index (χ4n) is 4.09. The van der Waals surface area contributed by atoms with Crippen LogP contribution in [0.25, 0.3) is 0 Å². The van der Waals surface area contributed by atoms with E-state index in [2.05, 4.69) is 30.9 Å². The van der Waals surface area contributed by atoms with Gasteiger partial charge in [-0.15, -0.1) is 0 Å². The molecular weight excluding hydrogens is 543 g/mol. The van der Waals surface area contributed by atoms with Crippen LogP contribution in [-0.2, 0) is 16.0 Å². The molecule has 1 aromatic heterocycles. The number of alkyl halides is 3. The molecule has 0 aliphatic carbocycles. The van der Waals surface area contributed by atoms with Crippen molar-refractivity contribution in [3.63, 3.8) is 0 Å². The van der Waals surface area contributed by atoms with Gasteiger partial charge in [0.1, 0.15) is 5.02 Å². The van der Waals surface area contributed by atoms with Crippen molar-refractivity contribution in [2.24, 2.45) is 10.7 Å². The molecule has 0 atom stereocenters. The minimum Gasteiger partial charge on any atom is -0.388 e. The molecule has 1 fully saturated rings. The van der Waals surface area contributed by atoms with Crippen LogP contribution in [0.4, 0.5) is 30.6 Å². The van der Waals surface area contributed by atoms with Crippen LogP contribution in [0, 0.1) is 6.92 Å². The zero-order valence-electron chi connectivity index (χ0n) is 21.4. The van der Waals surface area contributed by atoms with E-state index in [-0.39, 0.29) is 34.1 Å². The highest BCUT2D eigenvalue weighted by molar-refractivity contribution is 7.95. The average molecular weight is 574 g/mol. The molecule has 0 saturated carbocycles. The normalized spacial score (nSPS) is 16.1. The van der Waals surface area contributed by atoms with Crippen molar-refractivity contribution in [2.45, 2.75) is 51.0 Å². The number of aliphatic imine (C=N–C) groups is 1. The van der Waals surface area contributed by atoms with Crippen molar-refractivity contribution in [1.29, 1.82) is 0 Å². The molecule has 14 heteroatoms. The number of hydrogen-bond acceptors (Lipinski definition) is 9. The highest BCUT2D eigenvalue weighted by Gasteiger charge is 2.35. The number of sulfone groups is 1. The summed E-state index contributed by atoms with van der Waals surface area (Å²) in [6.07, 6.45) is -0.750. The summed E-state index contributed by atoms with van der Waals surface area (Å²) in [7, 11) is -2.44. The molecule has 208 valence electrons. The van der Waals surface area contributed by atoms with E-state index in [1.165, 1.54) is 45.4 Å². The van der Waals surface area contributed by atoms with Gasteiger partial charge in [0.15, 0.2) is 20.7 Å². The van der Waals surface area contributed by atoms with Gasteiger partial charge in [-0.25, -0.2) is 13.4 Å². The van der Waals surface area contributed by atoms with E-state index >= 15 is 0 Å². The lowest BCUT2D eigenvalue weighted by Crippen LogP contribution is -2.27. The number of aryl methyl sites for hydroxylation is 1. The fraction of sp³-hybridized carbons (Fsp3) is 0.458. The van der Waals surface area contributed by atoms with Crippen molar-refractivity contribution in [3.8, 4) is 0 Å². The lowest BCUT2D eigenvalue weighted by molar-refractivity contribution is -0.137. The van der Waals surface area contributed by atoms with Crippen LogP contribution in [0.5, 0.6) is 0 Å². The van der Waals surface area contributed by atoms with Crippen LogP contribution in [0.2, 0.25) is 5.02 Å². The minimum atomic E-state index is -4.63. The number of allylic oxidation sites excluding steroid dienone is 1. The van der Waals surface area contributed by atoms with Crippen molar-refractivity contribution in [3.05, 3.63) is 50.8 Å². The maximum absolute atomic E-state index is 14.1. The second-order valence-electron chi connectivity index (χ2n) is 9.18. The largest absolute Gasteiger partial charge is 0.418 e. The summed E-state index contributed by atoms with van der Waals surface area (Å²) in [6.45, 7) is 6.22. The standard InChI is InChI=1S/C24H31ClF3N7O2S/c1-13(2)38(36,37)21(29)20(12-30-4)33-22-18(25)11-32-23(35-22)34-19-9-14(3)16(10-17(19)24(26,27)28)15-5-7-31-8-6-15/h9-13,15,31H,5-8,29H2,1-4H3,(H2,32,33,34,35).